The smallest absolute Gasteiger partial charge is 0.209 e. The van der Waals surface area contributed by atoms with Crippen LogP contribution in [0.5, 0.6) is 0 Å². The maximum Gasteiger partial charge on any atom is 0.209 e. The number of nitrogens with two attached hydrogens (primary N) is 1. The van der Waals surface area contributed by atoms with E-state index in [-0.39, 0.29) is 0 Å². The third-order valence-corrected chi connectivity index (χ3v) is 2.65. The molecule has 1 aromatic heterocycles. The average Bonchev–Trinajstić information content (AvgIpc) is 2.54. The third kappa shape index (κ3) is 1.86. The Labute approximate surface area is 97.4 Å². The maximum absolute atomic E-state index is 5.98. The van der Waals surface area contributed by atoms with E-state index in [9.17, 15) is 0 Å². The van der Waals surface area contributed by atoms with Gasteiger partial charge in [0.1, 0.15) is 0 Å². The zero-order valence-corrected chi connectivity index (χ0v) is 9.33. The highest BCUT2D eigenvalue weighted by Crippen LogP contribution is 2.24. The number of rotatable bonds is 2. The van der Waals surface area contributed by atoms with Crippen LogP contribution in [0.2, 0.25) is 10.4 Å². The molecule has 0 aliphatic heterocycles. The van der Waals surface area contributed by atoms with E-state index in [2.05, 4.69) is 4.98 Å². The first-order valence-corrected chi connectivity index (χ1v) is 5.17. The molecule has 2 N–H and O–H groups in total. The number of imidazole rings is 1. The SMILES string of the molecule is NCc1c(Cl)nc(Cl)n1-c1ccccc1. The van der Waals surface area contributed by atoms with Gasteiger partial charge in [-0.25, -0.2) is 4.98 Å². The van der Waals surface area contributed by atoms with Gasteiger partial charge < -0.3 is 5.73 Å². The molecule has 0 amide bonds. The number of hydrogen-bond acceptors (Lipinski definition) is 2. The molecule has 0 aliphatic carbocycles. The summed E-state index contributed by atoms with van der Waals surface area (Å²) in [5.41, 5.74) is 7.22. The van der Waals surface area contributed by atoms with E-state index in [1.807, 2.05) is 30.3 Å². The zero-order valence-electron chi connectivity index (χ0n) is 7.82. The van der Waals surface area contributed by atoms with Crippen molar-refractivity contribution in [2.45, 2.75) is 6.54 Å². The molecule has 0 unspecified atom stereocenters. The molecule has 0 bridgehead atoms. The van der Waals surface area contributed by atoms with Crippen LogP contribution in [0.15, 0.2) is 30.3 Å². The van der Waals surface area contributed by atoms with Crippen molar-refractivity contribution in [2.24, 2.45) is 5.73 Å². The van der Waals surface area contributed by atoms with E-state index in [0.29, 0.717) is 22.7 Å². The minimum atomic E-state index is 0.299. The lowest BCUT2D eigenvalue weighted by Crippen LogP contribution is -2.05. The molecular weight excluding hydrogens is 233 g/mol. The molecule has 0 fully saturated rings. The second-order valence-corrected chi connectivity index (χ2v) is 3.69. The average molecular weight is 242 g/mol. The first-order chi connectivity index (χ1) is 7.24. The second-order valence-electron chi connectivity index (χ2n) is 2.99. The Balaban J connectivity index is 2.62. The molecule has 0 spiro atoms. The largest absolute Gasteiger partial charge is 0.325 e. The predicted octanol–water partition coefficient (Wildman–Crippen LogP) is 2.64. The lowest BCUT2D eigenvalue weighted by atomic mass is 10.3. The molecule has 15 heavy (non-hydrogen) atoms. The standard InChI is InChI=1S/C10H9Cl2N3/c11-9-8(6-13)15(10(12)14-9)7-4-2-1-3-5-7/h1-5H,6,13H2. The Morgan fingerprint density at radius 3 is 2.47 bits per heavy atom. The van der Waals surface area contributed by atoms with Crippen LogP contribution in [0.1, 0.15) is 5.69 Å². The van der Waals surface area contributed by atoms with Crippen molar-refractivity contribution in [2.75, 3.05) is 0 Å². The summed E-state index contributed by atoms with van der Waals surface area (Å²) in [6, 6.07) is 9.60. The Hall–Kier alpha value is -1.03. The van der Waals surface area contributed by atoms with Crippen LogP contribution in [-0.4, -0.2) is 9.55 Å². The van der Waals surface area contributed by atoms with E-state index in [4.69, 9.17) is 28.9 Å². The molecular formula is C10H9Cl2N3. The summed E-state index contributed by atoms with van der Waals surface area (Å²) in [6.07, 6.45) is 0. The lowest BCUT2D eigenvalue weighted by molar-refractivity contribution is 0.911. The first-order valence-electron chi connectivity index (χ1n) is 4.42. The van der Waals surface area contributed by atoms with Crippen LogP contribution in [-0.2, 0) is 6.54 Å². The lowest BCUT2D eigenvalue weighted by Gasteiger charge is -2.07. The molecule has 1 heterocycles. The van der Waals surface area contributed by atoms with Crippen LogP contribution < -0.4 is 5.73 Å². The molecule has 0 atom stereocenters. The number of halogens is 2. The summed E-state index contributed by atoms with van der Waals surface area (Å²) >= 11 is 11.9. The molecule has 0 radical (unpaired) electrons. The van der Waals surface area contributed by atoms with Crippen LogP contribution in [0.4, 0.5) is 0 Å². The summed E-state index contributed by atoms with van der Waals surface area (Å²) in [7, 11) is 0. The number of aromatic nitrogens is 2. The molecule has 2 aromatic rings. The zero-order chi connectivity index (χ0) is 10.8. The molecule has 0 saturated heterocycles. The van der Waals surface area contributed by atoms with E-state index in [0.717, 1.165) is 5.69 Å². The fourth-order valence-electron chi connectivity index (χ4n) is 1.41. The van der Waals surface area contributed by atoms with Gasteiger partial charge in [-0.3, -0.25) is 4.57 Å². The number of benzene rings is 1. The van der Waals surface area contributed by atoms with Gasteiger partial charge in [0.05, 0.1) is 5.69 Å². The van der Waals surface area contributed by atoms with E-state index in [1.165, 1.54) is 0 Å². The Morgan fingerprint density at radius 1 is 1.20 bits per heavy atom. The highest BCUT2D eigenvalue weighted by molar-refractivity contribution is 6.33. The summed E-state index contributed by atoms with van der Waals surface area (Å²) < 4.78 is 1.74. The highest BCUT2D eigenvalue weighted by Gasteiger charge is 2.13. The third-order valence-electron chi connectivity index (χ3n) is 2.09. The number of hydrogen-bond donors (Lipinski definition) is 1. The number of nitrogens with zero attached hydrogens (tertiary/aromatic N) is 2. The molecule has 78 valence electrons. The second kappa shape index (κ2) is 4.23. The van der Waals surface area contributed by atoms with Gasteiger partial charge >= 0.3 is 0 Å². The van der Waals surface area contributed by atoms with Gasteiger partial charge in [-0.2, -0.15) is 0 Å². The van der Waals surface area contributed by atoms with E-state index < -0.39 is 0 Å². The molecule has 0 aliphatic rings. The van der Waals surface area contributed by atoms with Crippen molar-refractivity contribution in [3.05, 3.63) is 46.5 Å². The van der Waals surface area contributed by atoms with Crippen LogP contribution in [0.25, 0.3) is 5.69 Å². The topological polar surface area (TPSA) is 43.8 Å². The fraction of sp³-hybridized carbons (Fsp3) is 0.100. The van der Waals surface area contributed by atoms with Gasteiger partial charge in [0.2, 0.25) is 5.28 Å². The quantitative estimate of drug-likeness (QED) is 0.879. The Morgan fingerprint density at radius 2 is 1.87 bits per heavy atom. The summed E-state index contributed by atoms with van der Waals surface area (Å²) in [5.74, 6) is 0. The Kier molecular flexibility index (Phi) is 2.95. The predicted molar refractivity (Wildman–Crippen MR) is 61.5 cm³/mol. The monoisotopic (exact) mass is 241 g/mol. The maximum atomic E-state index is 5.98. The first kappa shape index (κ1) is 10.5. The van der Waals surface area contributed by atoms with Crippen molar-refractivity contribution in [3.8, 4) is 5.69 Å². The molecule has 1 aromatic carbocycles. The van der Waals surface area contributed by atoms with Crippen molar-refractivity contribution < 1.29 is 0 Å². The van der Waals surface area contributed by atoms with Crippen molar-refractivity contribution in [1.82, 2.24) is 9.55 Å². The van der Waals surface area contributed by atoms with Crippen molar-refractivity contribution in [3.63, 3.8) is 0 Å². The van der Waals surface area contributed by atoms with Gasteiger partial charge in [-0.15, -0.1) is 0 Å². The van der Waals surface area contributed by atoms with Crippen LogP contribution in [0, 0.1) is 0 Å². The summed E-state index contributed by atoms with van der Waals surface area (Å²) in [5, 5.41) is 0.679. The normalized spacial score (nSPS) is 10.6. The van der Waals surface area contributed by atoms with E-state index >= 15 is 0 Å². The minimum Gasteiger partial charge on any atom is -0.325 e. The van der Waals surface area contributed by atoms with Gasteiger partial charge in [-0.1, -0.05) is 29.8 Å². The van der Waals surface area contributed by atoms with Gasteiger partial charge in [0, 0.05) is 12.2 Å². The van der Waals surface area contributed by atoms with Crippen molar-refractivity contribution >= 4 is 23.2 Å². The van der Waals surface area contributed by atoms with Crippen LogP contribution in [0.3, 0.4) is 0 Å². The molecule has 5 heteroatoms. The summed E-state index contributed by atoms with van der Waals surface area (Å²) in [4.78, 5) is 3.97. The molecule has 3 nitrogen and oxygen atoms in total. The Bertz CT molecular complexity index is 465. The summed E-state index contributed by atoms with van der Waals surface area (Å²) in [6.45, 7) is 0.299. The highest BCUT2D eigenvalue weighted by atomic mass is 35.5. The fourth-order valence-corrected chi connectivity index (χ4v) is 1.98. The van der Waals surface area contributed by atoms with Gasteiger partial charge in [0.25, 0.3) is 0 Å². The van der Waals surface area contributed by atoms with E-state index in [1.54, 1.807) is 4.57 Å². The number of para-hydroxylation sites is 1. The van der Waals surface area contributed by atoms with Gasteiger partial charge in [0.15, 0.2) is 5.15 Å². The molecule has 0 saturated carbocycles. The van der Waals surface area contributed by atoms with Gasteiger partial charge in [-0.05, 0) is 23.7 Å². The van der Waals surface area contributed by atoms with Crippen LogP contribution >= 0.6 is 23.2 Å². The molecule has 2 rings (SSSR count). The van der Waals surface area contributed by atoms with Crippen molar-refractivity contribution in [1.29, 1.82) is 0 Å². The minimum absolute atomic E-state index is 0.299.